The number of hydrogen-bond acceptors (Lipinski definition) is 5. The molecule has 0 saturated heterocycles. The van der Waals surface area contributed by atoms with Crippen molar-refractivity contribution in [3.8, 4) is 11.5 Å². The van der Waals surface area contributed by atoms with Crippen molar-refractivity contribution in [3.05, 3.63) is 86.8 Å². The highest BCUT2D eigenvalue weighted by Crippen LogP contribution is 2.31. The van der Waals surface area contributed by atoms with Crippen molar-refractivity contribution in [1.29, 1.82) is 0 Å². The van der Waals surface area contributed by atoms with Gasteiger partial charge in [0.1, 0.15) is 11.5 Å². The number of nitrogens with one attached hydrogen (secondary N) is 2. The standard InChI is InChI=1S/C23H19BrClN3O4/c1-31-20-12-21(32-2)18(24)11-15(20)13-26-28-22(29)14-7-9-16(10-8-14)27-23(30)17-5-3-4-6-19(17)25/h3-13H,1-2H3,(H,27,30)(H,28,29)/b26-13-. The molecule has 0 unspecified atom stereocenters. The lowest BCUT2D eigenvalue weighted by atomic mass is 10.1. The molecule has 0 aromatic heterocycles. The molecule has 0 aliphatic rings. The molecule has 0 atom stereocenters. The Morgan fingerprint density at radius 1 is 0.969 bits per heavy atom. The maximum atomic E-state index is 12.4. The number of amides is 2. The summed E-state index contributed by atoms with van der Waals surface area (Å²) in [5.74, 6) is 0.417. The Kier molecular flexibility index (Phi) is 7.86. The smallest absolute Gasteiger partial charge is 0.271 e. The van der Waals surface area contributed by atoms with E-state index in [0.29, 0.717) is 38.9 Å². The van der Waals surface area contributed by atoms with E-state index in [1.807, 2.05) is 0 Å². The summed E-state index contributed by atoms with van der Waals surface area (Å²) in [6.45, 7) is 0. The van der Waals surface area contributed by atoms with Gasteiger partial charge in [-0.1, -0.05) is 23.7 Å². The first kappa shape index (κ1) is 23.3. The van der Waals surface area contributed by atoms with Crippen LogP contribution in [0.4, 0.5) is 5.69 Å². The molecular formula is C23H19BrClN3O4. The van der Waals surface area contributed by atoms with Gasteiger partial charge in [-0.2, -0.15) is 5.10 Å². The zero-order valence-corrected chi connectivity index (χ0v) is 19.5. The highest BCUT2D eigenvalue weighted by atomic mass is 79.9. The number of hydrogen-bond donors (Lipinski definition) is 2. The van der Waals surface area contributed by atoms with Crippen LogP contribution in [0.15, 0.2) is 70.2 Å². The van der Waals surface area contributed by atoms with E-state index < -0.39 is 5.91 Å². The number of carbonyl (C=O) groups is 2. The second-order valence-electron chi connectivity index (χ2n) is 6.44. The Hall–Kier alpha value is -3.36. The zero-order valence-electron chi connectivity index (χ0n) is 17.2. The molecule has 0 spiro atoms. The van der Waals surface area contributed by atoms with Crippen LogP contribution in [0.1, 0.15) is 26.3 Å². The SMILES string of the molecule is COc1cc(OC)c(/C=N\NC(=O)c2ccc(NC(=O)c3ccccc3Cl)cc2)cc1Br. The van der Waals surface area contributed by atoms with Gasteiger partial charge in [-0.15, -0.1) is 0 Å². The number of carbonyl (C=O) groups excluding carboxylic acids is 2. The lowest BCUT2D eigenvalue weighted by Gasteiger charge is -2.09. The lowest BCUT2D eigenvalue weighted by Crippen LogP contribution is -2.18. The summed E-state index contributed by atoms with van der Waals surface area (Å²) < 4.78 is 11.3. The van der Waals surface area contributed by atoms with Crippen molar-refractivity contribution in [2.24, 2.45) is 5.10 Å². The van der Waals surface area contributed by atoms with Crippen molar-refractivity contribution >= 4 is 51.2 Å². The summed E-state index contributed by atoms with van der Waals surface area (Å²) in [4.78, 5) is 24.7. The first-order valence-corrected chi connectivity index (χ1v) is 10.5. The molecule has 0 saturated carbocycles. The molecule has 0 radical (unpaired) electrons. The minimum absolute atomic E-state index is 0.336. The van der Waals surface area contributed by atoms with Gasteiger partial charge in [0.25, 0.3) is 11.8 Å². The monoisotopic (exact) mass is 515 g/mol. The van der Waals surface area contributed by atoms with Crippen LogP contribution < -0.4 is 20.2 Å². The summed E-state index contributed by atoms with van der Waals surface area (Å²) in [6, 6.07) is 16.6. The predicted octanol–water partition coefficient (Wildman–Crippen LogP) is 5.14. The van der Waals surface area contributed by atoms with Crippen LogP contribution in [0.25, 0.3) is 0 Å². The Labute approximate surface area is 198 Å². The van der Waals surface area contributed by atoms with Crippen LogP contribution in [0, 0.1) is 0 Å². The minimum atomic E-state index is -0.406. The van der Waals surface area contributed by atoms with Crippen molar-refractivity contribution in [1.82, 2.24) is 5.43 Å². The van der Waals surface area contributed by atoms with E-state index in [1.165, 1.54) is 13.3 Å². The highest BCUT2D eigenvalue weighted by Gasteiger charge is 2.11. The fourth-order valence-corrected chi connectivity index (χ4v) is 3.50. The van der Waals surface area contributed by atoms with Crippen LogP contribution in [-0.4, -0.2) is 32.2 Å². The van der Waals surface area contributed by atoms with E-state index >= 15 is 0 Å². The molecule has 9 heteroatoms. The number of benzene rings is 3. The van der Waals surface area contributed by atoms with E-state index in [2.05, 4.69) is 31.8 Å². The average molecular weight is 517 g/mol. The van der Waals surface area contributed by atoms with Gasteiger partial charge in [-0.05, 0) is 58.4 Å². The van der Waals surface area contributed by atoms with E-state index in [1.54, 1.807) is 67.8 Å². The number of methoxy groups -OCH3 is 2. The maximum Gasteiger partial charge on any atom is 0.271 e. The van der Waals surface area contributed by atoms with Gasteiger partial charge >= 0.3 is 0 Å². The number of hydrazone groups is 1. The van der Waals surface area contributed by atoms with Crippen molar-refractivity contribution < 1.29 is 19.1 Å². The summed E-state index contributed by atoms with van der Waals surface area (Å²) in [5.41, 5.74) is 4.39. The number of anilines is 1. The topological polar surface area (TPSA) is 89.0 Å². The number of ether oxygens (including phenoxy) is 2. The van der Waals surface area contributed by atoms with Gasteiger partial charge in [0.05, 0.1) is 35.5 Å². The molecule has 2 amide bonds. The Morgan fingerprint density at radius 3 is 2.31 bits per heavy atom. The second-order valence-corrected chi connectivity index (χ2v) is 7.70. The van der Waals surface area contributed by atoms with Gasteiger partial charge in [0, 0.05) is 22.9 Å². The van der Waals surface area contributed by atoms with Gasteiger partial charge in [0.2, 0.25) is 0 Å². The van der Waals surface area contributed by atoms with Crippen LogP contribution >= 0.6 is 27.5 Å². The van der Waals surface area contributed by atoms with Gasteiger partial charge in [-0.25, -0.2) is 5.43 Å². The fourth-order valence-electron chi connectivity index (χ4n) is 2.76. The van der Waals surface area contributed by atoms with Crippen LogP contribution in [0.5, 0.6) is 11.5 Å². The van der Waals surface area contributed by atoms with Crippen LogP contribution in [0.3, 0.4) is 0 Å². The Morgan fingerprint density at radius 2 is 1.66 bits per heavy atom. The number of halogens is 2. The molecule has 32 heavy (non-hydrogen) atoms. The normalized spacial score (nSPS) is 10.6. The summed E-state index contributed by atoms with van der Waals surface area (Å²) in [5, 5.41) is 7.10. The molecule has 0 fully saturated rings. The summed E-state index contributed by atoms with van der Waals surface area (Å²) >= 11 is 9.45. The van der Waals surface area contributed by atoms with E-state index in [0.717, 1.165) is 4.47 Å². The highest BCUT2D eigenvalue weighted by molar-refractivity contribution is 9.10. The third-order valence-electron chi connectivity index (χ3n) is 4.40. The molecule has 3 rings (SSSR count). The molecule has 0 aliphatic carbocycles. The quantitative estimate of drug-likeness (QED) is 0.336. The average Bonchev–Trinajstić information content (AvgIpc) is 2.80. The lowest BCUT2D eigenvalue weighted by molar-refractivity contribution is 0.0954. The third-order valence-corrected chi connectivity index (χ3v) is 5.35. The molecule has 0 heterocycles. The number of rotatable bonds is 7. The van der Waals surface area contributed by atoms with E-state index in [-0.39, 0.29) is 5.91 Å². The van der Waals surface area contributed by atoms with Crippen LogP contribution in [-0.2, 0) is 0 Å². The minimum Gasteiger partial charge on any atom is -0.496 e. The molecule has 2 N–H and O–H groups in total. The second kappa shape index (κ2) is 10.8. The van der Waals surface area contributed by atoms with Gasteiger partial charge in [0.15, 0.2) is 0 Å². The van der Waals surface area contributed by atoms with Crippen molar-refractivity contribution in [2.75, 3.05) is 19.5 Å². The molecule has 164 valence electrons. The van der Waals surface area contributed by atoms with Gasteiger partial charge in [-0.3, -0.25) is 9.59 Å². The van der Waals surface area contributed by atoms with Crippen molar-refractivity contribution in [3.63, 3.8) is 0 Å². The predicted molar refractivity (Wildman–Crippen MR) is 128 cm³/mol. The first-order chi connectivity index (χ1) is 15.4. The Bertz CT molecular complexity index is 1170. The largest absolute Gasteiger partial charge is 0.496 e. The zero-order chi connectivity index (χ0) is 23.1. The summed E-state index contributed by atoms with van der Waals surface area (Å²) in [6.07, 6.45) is 1.47. The molecule has 7 nitrogen and oxygen atoms in total. The van der Waals surface area contributed by atoms with Crippen molar-refractivity contribution in [2.45, 2.75) is 0 Å². The first-order valence-electron chi connectivity index (χ1n) is 9.33. The molecule has 0 aliphatic heterocycles. The van der Waals surface area contributed by atoms with E-state index in [4.69, 9.17) is 21.1 Å². The third kappa shape index (κ3) is 5.66. The number of nitrogens with zero attached hydrogens (tertiary/aromatic N) is 1. The maximum absolute atomic E-state index is 12.4. The van der Waals surface area contributed by atoms with Gasteiger partial charge < -0.3 is 14.8 Å². The Balaban J connectivity index is 1.63. The molecule has 3 aromatic carbocycles. The summed E-state index contributed by atoms with van der Waals surface area (Å²) in [7, 11) is 3.09. The van der Waals surface area contributed by atoms with Crippen LogP contribution in [0.2, 0.25) is 5.02 Å². The fraction of sp³-hybridized carbons (Fsp3) is 0.0870. The van der Waals surface area contributed by atoms with E-state index in [9.17, 15) is 9.59 Å². The molecule has 3 aromatic rings. The molecule has 0 bridgehead atoms. The molecular weight excluding hydrogens is 498 g/mol.